The summed E-state index contributed by atoms with van der Waals surface area (Å²) in [6, 6.07) is 15.9. The van der Waals surface area contributed by atoms with Crippen LogP contribution in [0.2, 0.25) is 0 Å². The molecule has 3 N–H and O–H groups in total. The highest BCUT2D eigenvalue weighted by Gasteiger charge is 2.18. The van der Waals surface area contributed by atoms with Gasteiger partial charge in [-0.25, -0.2) is 9.37 Å². The van der Waals surface area contributed by atoms with Crippen LogP contribution in [0.3, 0.4) is 0 Å². The van der Waals surface area contributed by atoms with Gasteiger partial charge in [-0.3, -0.25) is 9.69 Å². The maximum atomic E-state index is 13.0. The second-order valence-corrected chi connectivity index (χ2v) is 9.35. The Morgan fingerprint density at radius 1 is 1.11 bits per heavy atom. The number of morpholine rings is 1. The first-order chi connectivity index (χ1) is 18.0. The molecule has 0 amide bonds. The van der Waals surface area contributed by atoms with Gasteiger partial charge < -0.3 is 20.1 Å². The summed E-state index contributed by atoms with van der Waals surface area (Å²) in [7, 11) is 0. The molecular weight excluding hydrogens is 471 g/mol. The van der Waals surface area contributed by atoms with Gasteiger partial charge in [-0.15, -0.1) is 0 Å². The summed E-state index contributed by atoms with van der Waals surface area (Å²) in [6.07, 6.45) is 1.61. The third-order valence-corrected chi connectivity index (χ3v) is 6.49. The number of halogens is 1. The number of benzene rings is 2. The van der Waals surface area contributed by atoms with Gasteiger partial charge in [0.25, 0.3) is 5.56 Å². The number of ether oxygens (including phenoxy) is 1. The number of nitrogens with one attached hydrogen (secondary N) is 2. The van der Waals surface area contributed by atoms with Crippen LogP contribution in [0, 0.1) is 11.8 Å². The van der Waals surface area contributed by atoms with Crippen molar-refractivity contribution in [1.29, 1.82) is 0 Å². The molecule has 8 heteroatoms. The lowest BCUT2D eigenvalue weighted by molar-refractivity contribution is 0.0342. The Morgan fingerprint density at radius 2 is 1.76 bits per heavy atom. The van der Waals surface area contributed by atoms with Gasteiger partial charge in [-0.2, -0.15) is 0 Å². The average Bonchev–Trinajstić information content (AvgIpc) is 2.93. The molecule has 2 aromatic carbocycles. The fraction of sp³-hybridized carbons (Fsp3) is 0.379. The molecule has 0 aliphatic carbocycles. The molecule has 194 valence electrons. The molecule has 4 rings (SSSR count). The van der Waals surface area contributed by atoms with Crippen molar-refractivity contribution in [3.8, 4) is 17.6 Å². The summed E-state index contributed by atoms with van der Waals surface area (Å²) in [6.45, 7) is 6.20. The molecule has 0 spiro atoms. The van der Waals surface area contributed by atoms with Crippen LogP contribution in [0.4, 0.5) is 4.39 Å². The molecule has 37 heavy (non-hydrogen) atoms. The average molecular weight is 505 g/mol. The van der Waals surface area contributed by atoms with Crippen LogP contribution in [0.5, 0.6) is 5.75 Å². The van der Waals surface area contributed by atoms with E-state index in [-0.39, 0.29) is 17.7 Å². The Bertz CT molecular complexity index is 1260. The summed E-state index contributed by atoms with van der Waals surface area (Å²) < 4.78 is 18.4. The zero-order valence-electron chi connectivity index (χ0n) is 21.0. The minimum absolute atomic E-state index is 0.116. The summed E-state index contributed by atoms with van der Waals surface area (Å²) in [5.74, 6) is 5.94. The second-order valence-electron chi connectivity index (χ2n) is 9.35. The van der Waals surface area contributed by atoms with E-state index in [4.69, 9.17) is 4.74 Å². The Labute approximate surface area is 216 Å². The van der Waals surface area contributed by atoms with Crippen molar-refractivity contribution in [3.05, 3.63) is 93.2 Å². The Kier molecular flexibility index (Phi) is 9.44. The number of aromatic hydroxyl groups is 1. The Morgan fingerprint density at radius 3 is 2.41 bits per heavy atom. The van der Waals surface area contributed by atoms with E-state index in [0.29, 0.717) is 18.7 Å². The number of hydrogen-bond donors (Lipinski definition) is 3. The number of alkyl halides is 1. The molecule has 7 nitrogen and oxygen atoms in total. The van der Waals surface area contributed by atoms with Crippen LogP contribution in [0.15, 0.2) is 59.7 Å². The van der Waals surface area contributed by atoms with E-state index >= 15 is 0 Å². The van der Waals surface area contributed by atoms with Crippen molar-refractivity contribution in [2.24, 2.45) is 0 Å². The number of nitrogens with zero attached hydrogens (tertiary/aromatic N) is 2. The van der Waals surface area contributed by atoms with Gasteiger partial charge in [0.15, 0.2) is 0 Å². The second kappa shape index (κ2) is 13.2. The van der Waals surface area contributed by atoms with Crippen LogP contribution >= 0.6 is 0 Å². The summed E-state index contributed by atoms with van der Waals surface area (Å²) in [5.41, 5.74) is 3.81. The highest BCUT2D eigenvalue weighted by atomic mass is 19.1. The predicted octanol–water partition coefficient (Wildman–Crippen LogP) is 2.98. The fourth-order valence-electron chi connectivity index (χ4n) is 4.21. The van der Waals surface area contributed by atoms with E-state index in [9.17, 15) is 14.3 Å². The lowest BCUT2D eigenvalue weighted by Crippen LogP contribution is -2.35. The van der Waals surface area contributed by atoms with E-state index in [2.05, 4.69) is 44.2 Å². The van der Waals surface area contributed by atoms with Gasteiger partial charge in [0.05, 0.1) is 25.2 Å². The first-order valence-corrected chi connectivity index (χ1v) is 12.6. The predicted molar refractivity (Wildman–Crippen MR) is 141 cm³/mol. The minimum Gasteiger partial charge on any atom is -0.502 e. The Balaban J connectivity index is 1.43. The highest BCUT2D eigenvalue weighted by molar-refractivity contribution is 5.44. The zero-order chi connectivity index (χ0) is 26.0. The number of hydrogen-bond acceptors (Lipinski definition) is 6. The van der Waals surface area contributed by atoms with Crippen molar-refractivity contribution in [1.82, 2.24) is 20.2 Å². The van der Waals surface area contributed by atoms with Crippen LogP contribution in [0.1, 0.15) is 40.8 Å². The van der Waals surface area contributed by atoms with Gasteiger partial charge in [0.1, 0.15) is 6.67 Å². The van der Waals surface area contributed by atoms with Crippen molar-refractivity contribution < 1.29 is 14.2 Å². The minimum atomic E-state index is -0.575. The fourth-order valence-corrected chi connectivity index (χ4v) is 4.21. The van der Waals surface area contributed by atoms with Crippen molar-refractivity contribution in [2.45, 2.75) is 31.8 Å². The largest absolute Gasteiger partial charge is 0.502 e. The molecule has 1 saturated heterocycles. The number of aromatic amines is 1. The molecule has 2 atom stereocenters. The summed E-state index contributed by atoms with van der Waals surface area (Å²) in [5, 5.41) is 13.3. The number of H-pyrrole nitrogens is 1. The monoisotopic (exact) mass is 504 g/mol. The van der Waals surface area contributed by atoms with Gasteiger partial charge in [-0.05, 0) is 42.3 Å². The van der Waals surface area contributed by atoms with Crippen LogP contribution < -0.4 is 10.9 Å². The molecule has 1 fully saturated rings. The van der Waals surface area contributed by atoms with Gasteiger partial charge in [0, 0.05) is 55.7 Å². The molecule has 2 heterocycles. The molecule has 0 unspecified atom stereocenters. The van der Waals surface area contributed by atoms with Crippen molar-refractivity contribution in [2.75, 3.05) is 39.5 Å². The maximum Gasteiger partial charge on any atom is 0.293 e. The smallest absolute Gasteiger partial charge is 0.293 e. The lowest BCUT2D eigenvalue weighted by Gasteiger charge is -2.26. The third kappa shape index (κ3) is 7.73. The van der Waals surface area contributed by atoms with Crippen LogP contribution in [0.25, 0.3) is 0 Å². The van der Waals surface area contributed by atoms with Gasteiger partial charge in [0.2, 0.25) is 5.75 Å². The first-order valence-electron chi connectivity index (χ1n) is 12.6. The van der Waals surface area contributed by atoms with E-state index in [1.165, 1.54) is 11.9 Å². The molecule has 1 aromatic heterocycles. The van der Waals surface area contributed by atoms with Gasteiger partial charge >= 0.3 is 0 Å². The zero-order valence-corrected chi connectivity index (χ0v) is 21.0. The van der Waals surface area contributed by atoms with Crippen LogP contribution in [-0.4, -0.2) is 65.5 Å². The van der Waals surface area contributed by atoms with Crippen molar-refractivity contribution in [3.63, 3.8) is 0 Å². The number of aromatic nitrogens is 2. The molecule has 0 saturated carbocycles. The molecule has 0 radical (unpaired) electrons. The number of rotatable bonds is 9. The first kappa shape index (κ1) is 26.6. The van der Waals surface area contributed by atoms with E-state index < -0.39 is 12.2 Å². The topological polar surface area (TPSA) is 90.5 Å². The normalized spacial score (nSPS) is 15.5. The SMILES string of the molecule is C[C@@H](CF)NC[C@H](Cc1nc[nH]c(=O)c1O)c1ccc(C#Cc2ccc(CN3CCOCC3)cc2)cc1. The molecule has 1 aliphatic rings. The van der Waals surface area contributed by atoms with Crippen molar-refractivity contribution >= 4 is 0 Å². The Hall–Kier alpha value is -3.51. The van der Waals surface area contributed by atoms with Crippen LogP contribution in [-0.2, 0) is 17.7 Å². The summed E-state index contributed by atoms with van der Waals surface area (Å²) >= 11 is 0. The summed E-state index contributed by atoms with van der Waals surface area (Å²) in [4.78, 5) is 20.7. The molecule has 3 aromatic rings. The quantitative estimate of drug-likeness (QED) is 0.388. The molecular formula is C29H33FN4O3. The third-order valence-electron chi connectivity index (χ3n) is 6.49. The highest BCUT2D eigenvalue weighted by Crippen LogP contribution is 2.23. The van der Waals surface area contributed by atoms with E-state index in [0.717, 1.165) is 49.5 Å². The molecule has 0 bridgehead atoms. The maximum absolute atomic E-state index is 13.0. The standard InChI is InChI=1S/C29H33FN4O3/c1-21(17-30)31-18-26(16-27-28(35)29(36)33-20-32-27)25-10-8-23(9-11-25)3-2-22-4-6-24(7-5-22)19-34-12-14-37-15-13-34/h4-11,20-21,26,31,35H,12-19H2,1H3,(H,32,33,36)/t21-,26-/m0/s1. The molecule has 1 aliphatic heterocycles. The van der Waals surface area contributed by atoms with E-state index in [1.807, 2.05) is 36.4 Å². The van der Waals surface area contributed by atoms with Gasteiger partial charge in [-0.1, -0.05) is 36.1 Å². The van der Waals surface area contributed by atoms with E-state index in [1.54, 1.807) is 6.92 Å². The lowest BCUT2D eigenvalue weighted by atomic mass is 9.92.